The number of aromatic amines is 1. The Bertz CT molecular complexity index is 1510. The Hall–Kier alpha value is -4.28. The summed E-state index contributed by atoms with van der Waals surface area (Å²) in [6.07, 6.45) is 3.68. The summed E-state index contributed by atoms with van der Waals surface area (Å²) in [5.41, 5.74) is 6.91. The van der Waals surface area contributed by atoms with Gasteiger partial charge in [0.1, 0.15) is 0 Å². The minimum atomic E-state index is 0.352. The molecule has 1 saturated heterocycles. The number of aromatic nitrogens is 4. The molecule has 5 aromatic rings. The van der Waals surface area contributed by atoms with Crippen LogP contribution in [0.3, 0.4) is 0 Å². The van der Waals surface area contributed by atoms with E-state index in [2.05, 4.69) is 42.4 Å². The van der Waals surface area contributed by atoms with E-state index in [9.17, 15) is 0 Å². The number of fused-ring (bicyclic) bond motifs is 1. The number of para-hydroxylation sites is 2. The maximum absolute atomic E-state index is 5.55. The summed E-state index contributed by atoms with van der Waals surface area (Å²) < 4.78 is 6.55. The monoisotopic (exact) mass is 568 g/mol. The zero-order valence-corrected chi connectivity index (χ0v) is 22.0. The number of ether oxygens (including phenoxy) is 1. The van der Waals surface area contributed by atoms with Crippen molar-refractivity contribution in [3.05, 3.63) is 95.1 Å². The van der Waals surface area contributed by atoms with Gasteiger partial charge in [0.25, 0.3) is 0 Å². The molecule has 3 heterocycles. The van der Waals surface area contributed by atoms with Crippen molar-refractivity contribution in [2.24, 2.45) is 5.10 Å². The van der Waals surface area contributed by atoms with Gasteiger partial charge in [-0.3, -0.25) is 4.90 Å². The van der Waals surface area contributed by atoms with E-state index in [4.69, 9.17) is 19.7 Å². The lowest BCUT2D eigenvalue weighted by Crippen LogP contribution is -2.37. The first-order chi connectivity index (χ1) is 18.7. The Kier molecular flexibility index (Phi) is 6.97. The van der Waals surface area contributed by atoms with Gasteiger partial charge in [0, 0.05) is 51.6 Å². The van der Waals surface area contributed by atoms with Crippen LogP contribution < -0.4 is 15.2 Å². The Morgan fingerprint density at radius 3 is 2.34 bits per heavy atom. The summed E-state index contributed by atoms with van der Waals surface area (Å²) in [6.45, 7) is 2.65. The second-order valence-corrected chi connectivity index (χ2v) is 9.58. The van der Waals surface area contributed by atoms with Crippen LogP contribution in [-0.2, 0) is 4.74 Å². The molecule has 0 radical (unpaired) electrons. The van der Waals surface area contributed by atoms with Crippen molar-refractivity contribution in [2.45, 2.75) is 0 Å². The van der Waals surface area contributed by atoms with Gasteiger partial charge in [-0.25, -0.2) is 5.43 Å². The third-order valence-corrected chi connectivity index (χ3v) is 6.67. The average Bonchev–Trinajstić information content (AvgIpc) is 3.36. The van der Waals surface area contributed by atoms with E-state index >= 15 is 0 Å². The molecule has 0 aliphatic carbocycles. The largest absolute Gasteiger partial charge is 0.378 e. The maximum atomic E-state index is 5.55. The maximum Gasteiger partial charge on any atom is 0.250 e. The molecule has 1 fully saturated rings. The highest BCUT2D eigenvalue weighted by atomic mass is 79.9. The highest BCUT2D eigenvalue weighted by Gasteiger charge is 2.21. The van der Waals surface area contributed by atoms with Gasteiger partial charge in [0.05, 0.1) is 19.4 Å². The summed E-state index contributed by atoms with van der Waals surface area (Å²) in [7, 11) is 0. The van der Waals surface area contributed by atoms with Crippen molar-refractivity contribution in [1.29, 1.82) is 0 Å². The lowest BCUT2D eigenvalue weighted by Gasteiger charge is -2.28. The van der Waals surface area contributed by atoms with Crippen molar-refractivity contribution in [2.75, 3.05) is 41.5 Å². The van der Waals surface area contributed by atoms with E-state index in [0.717, 1.165) is 32.3 Å². The van der Waals surface area contributed by atoms with Crippen LogP contribution in [0.1, 0.15) is 5.56 Å². The van der Waals surface area contributed by atoms with Gasteiger partial charge >= 0.3 is 0 Å². The second-order valence-electron chi connectivity index (χ2n) is 8.67. The second kappa shape index (κ2) is 11.0. The summed E-state index contributed by atoms with van der Waals surface area (Å²) >= 11 is 3.54. The number of hydrogen-bond acceptors (Lipinski definition) is 8. The third-order valence-electron chi connectivity index (χ3n) is 6.18. The predicted octanol–water partition coefficient (Wildman–Crippen LogP) is 5.87. The van der Waals surface area contributed by atoms with E-state index < -0.39 is 0 Å². The van der Waals surface area contributed by atoms with Crippen LogP contribution in [0.15, 0.2) is 94.6 Å². The molecule has 1 aliphatic rings. The minimum absolute atomic E-state index is 0.352. The molecule has 6 rings (SSSR count). The van der Waals surface area contributed by atoms with Gasteiger partial charge < -0.3 is 14.6 Å². The Morgan fingerprint density at radius 1 is 0.921 bits per heavy atom. The Morgan fingerprint density at radius 2 is 1.63 bits per heavy atom. The Labute approximate surface area is 228 Å². The number of H-pyrrole nitrogens is 1. The molecule has 0 saturated carbocycles. The molecule has 2 aromatic heterocycles. The zero-order chi connectivity index (χ0) is 25.7. The number of anilines is 5. The van der Waals surface area contributed by atoms with Gasteiger partial charge in [-0.1, -0.05) is 52.3 Å². The number of nitrogens with one attached hydrogen (secondary N) is 2. The minimum Gasteiger partial charge on any atom is -0.378 e. The fourth-order valence-corrected chi connectivity index (χ4v) is 4.68. The van der Waals surface area contributed by atoms with Crippen LogP contribution in [0.25, 0.3) is 10.9 Å². The molecule has 0 amide bonds. The number of morpholine rings is 1. The van der Waals surface area contributed by atoms with E-state index in [1.165, 1.54) is 0 Å². The zero-order valence-electron chi connectivity index (χ0n) is 20.5. The van der Waals surface area contributed by atoms with Gasteiger partial charge in [-0.05, 0) is 42.5 Å². The smallest absolute Gasteiger partial charge is 0.250 e. The summed E-state index contributed by atoms with van der Waals surface area (Å²) in [6, 6.07) is 26.2. The van der Waals surface area contributed by atoms with Crippen LogP contribution in [0, 0.1) is 0 Å². The van der Waals surface area contributed by atoms with Crippen LogP contribution >= 0.6 is 15.9 Å². The van der Waals surface area contributed by atoms with Crippen molar-refractivity contribution in [1.82, 2.24) is 19.9 Å². The highest BCUT2D eigenvalue weighted by Crippen LogP contribution is 2.33. The molecule has 38 heavy (non-hydrogen) atoms. The van der Waals surface area contributed by atoms with Crippen molar-refractivity contribution >= 4 is 62.3 Å². The fraction of sp³-hybridized carbons (Fsp3) is 0.143. The van der Waals surface area contributed by atoms with Gasteiger partial charge in [0.2, 0.25) is 17.8 Å². The van der Waals surface area contributed by atoms with E-state index in [1.807, 2.05) is 83.9 Å². The molecule has 2 N–H and O–H groups in total. The number of nitrogens with zero attached hydrogens (tertiary/aromatic N) is 6. The number of halogens is 1. The summed E-state index contributed by atoms with van der Waals surface area (Å²) in [4.78, 5) is 21.8. The lowest BCUT2D eigenvalue weighted by atomic mass is 10.2. The first kappa shape index (κ1) is 24.1. The molecular formula is C28H25BrN8O. The number of hydrogen-bond donors (Lipinski definition) is 2. The molecular weight excluding hydrogens is 544 g/mol. The average molecular weight is 569 g/mol. The van der Waals surface area contributed by atoms with E-state index in [1.54, 1.807) is 6.21 Å². The van der Waals surface area contributed by atoms with Gasteiger partial charge in [-0.15, -0.1) is 0 Å². The molecule has 190 valence electrons. The van der Waals surface area contributed by atoms with Crippen LogP contribution in [-0.4, -0.2) is 52.5 Å². The van der Waals surface area contributed by atoms with Gasteiger partial charge in [-0.2, -0.15) is 20.1 Å². The van der Waals surface area contributed by atoms with E-state index in [0.29, 0.717) is 44.1 Å². The topological polar surface area (TPSA) is 94.6 Å². The highest BCUT2D eigenvalue weighted by molar-refractivity contribution is 9.10. The SMILES string of the molecule is Brc1ccc2[nH]cc(C=NNc3nc(N4CCOCC4)nc(N(c4ccccc4)c4ccccc4)n3)c2c1. The normalized spacial score (nSPS) is 13.8. The molecule has 10 heteroatoms. The van der Waals surface area contributed by atoms with Gasteiger partial charge in [0.15, 0.2) is 0 Å². The first-order valence-corrected chi connectivity index (χ1v) is 13.1. The van der Waals surface area contributed by atoms with Crippen molar-refractivity contribution in [3.8, 4) is 0 Å². The number of benzene rings is 3. The molecule has 0 unspecified atom stereocenters. The number of hydrazone groups is 1. The summed E-state index contributed by atoms with van der Waals surface area (Å²) in [5, 5.41) is 5.54. The lowest BCUT2D eigenvalue weighted by molar-refractivity contribution is 0.122. The quantitative estimate of drug-likeness (QED) is 0.187. The van der Waals surface area contributed by atoms with Crippen LogP contribution in [0.5, 0.6) is 0 Å². The standard InChI is InChI=1S/C28H25BrN8O/c29-21-11-12-25-24(17-21)20(18-30-25)19-31-35-26-32-27(36-13-15-38-16-14-36)34-28(33-26)37(22-7-3-1-4-8-22)23-9-5-2-6-10-23/h1-12,17-19,30H,13-16H2,(H,32,33,34,35). The van der Waals surface area contributed by atoms with E-state index in [-0.39, 0.29) is 0 Å². The molecule has 1 aliphatic heterocycles. The molecule has 0 spiro atoms. The Balaban J connectivity index is 1.38. The van der Waals surface area contributed by atoms with Crippen molar-refractivity contribution in [3.63, 3.8) is 0 Å². The molecule has 9 nitrogen and oxygen atoms in total. The summed E-state index contributed by atoms with van der Waals surface area (Å²) in [5.74, 6) is 1.42. The van der Waals surface area contributed by atoms with Crippen LogP contribution in [0.4, 0.5) is 29.2 Å². The predicted molar refractivity (Wildman–Crippen MR) is 155 cm³/mol. The third kappa shape index (κ3) is 5.22. The van der Waals surface area contributed by atoms with Crippen molar-refractivity contribution < 1.29 is 4.74 Å². The fourth-order valence-electron chi connectivity index (χ4n) is 4.32. The molecule has 3 aromatic carbocycles. The molecule has 0 atom stereocenters. The first-order valence-electron chi connectivity index (χ1n) is 12.3. The van der Waals surface area contributed by atoms with Crippen LogP contribution in [0.2, 0.25) is 0 Å². The molecule has 0 bridgehead atoms. The number of rotatable bonds is 7.